The first-order chi connectivity index (χ1) is 66.2. The molecule has 14 aliphatic heterocycles. The molecule has 14 aliphatic rings. The second kappa shape index (κ2) is 39.6. The molecule has 0 amide bonds. The molecule has 8 atom stereocenters. The Morgan fingerprint density at radius 3 is 0.420 bits per heavy atom. The van der Waals surface area contributed by atoms with Gasteiger partial charge in [0.05, 0.1) is 35.8 Å². The van der Waals surface area contributed by atoms with E-state index < -0.39 is 211 Å². The van der Waals surface area contributed by atoms with Crippen LogP contribution in [0.3, 0.4) is 0 Å². The molecule has 0 aromatic heterocycles. The number of hydrogen-bond acceptors (Lipinski definition) is 34. The summed E-state index contributed by atoms with van der Waals surface area (Å²) in [6, 6.07) is 21.7. The van der Waals surface area contributed by atoms with Crippen molar-refractivity contribution in [3.63, 3.8) is 0 Å². The third-order valence-electron chi connectivity index (χ3n) is 28.9. The van der Waals surface area contributed by atoms with Crippen LogP contribution in [0, 0.1) is 0 Å². The maximum absolute atomic E-state index is 14.0. The summed E-state index contributed by atoms with van der Waals surface area (Å²) in [5, 5.41) is 83.9. The van der Waals surface area contributed by atoms with Crippen molar-refractivity contribution in [2.45, 2.75) is 149 Å². The van der Waals surface area contributed by atoms with Gasteiger partial charge in [-0.2, -0.15) is 0 Å². The second-order valence-electron chi connectivity index (χ2n) is 35.8. The van der Waals surface area contributed by atoms with Crippen molar-refractivity contribution in [1.82, 2.24) is 0 Å². The van der Waals surface area contributed by atoms with Gasteiger partial charge in [0.2, 0.25) is 88.8 Å². The molecule has 0 saturated carbocycles. The van der Waals surface area contributed by atoms with Crippen molar-refractivity contribution in [2.24, 2.45) is 0 Å². The summed E-state index contributed by atoms with van der Waals surface area (Å²) in [4.78, 5) is 83.9. The molecule has 11 aromatic rings. The Morgan fingerprint density at radius 1 is 0.175 bits per heavy atom. The van der Waals surface area contributed by atoms with Gasteiger partial charge in [0.15, 0.2) is 69.0 Å². The Kier molecular flexibility index (Phi) is 28.5. The summed E-state index contributed by atoms with van der Waals surface area (Å²) in [5.74, 6) is -18.8. The number of carbonyl (C=O) groups is 6. The minimum Gasteiger partial charge on any atom is -0.545 e. The van der Waals surface area contributed by atoms with Crippen LogP contribution >= 0.6 is 0 Å². The molecule has 0 N–H and O–H groups in total. The number of ether oxygens (including phenoxy) is 22. The van der Waals surface area contributed by atoms with E-state index in [1.54, 1.807) is 0 Å². The first kappa shape index (κ1) is 103. The van der Waals surface area contributed by atoms with Crippen molar-refractivity contribution < 1.29 is 341 Å². The van der Waals surface area contributed by atoms with Crippen LogP contribution in [0.2, 0.25) is 0 Å². The molecular weight excluding hydrogens is 1920 g/mol. The Labute approximate surface area is 947 Å². The average Bonchev–Trinajstić information content (AvgIpc) is 0.751. The monoisotopic (exact) mass is 1990 g/mol. The number of fused-ring (bicyclic) bond motifs is 8. The summed E-state index contributed by atoms with van der Waals surface area (Å²) in [6.45, 7) is 5.34. The predicted molar refractivity (Wildman–Crippen MR) is 455 cm³/mol. The molecule has 0 aliphatic carbocycles. The SMILES string of the molecule is CC1c2cc3c4c5c2OCOc2c1cc1c6c2OCc2cc(c(C(=O)[O-])cc2C(=O)[O-])COc2c7c8cc9c2OCOc2c(cc%10c%11c2OCc2cc(c(C(=O)[O-])cc2C(=O)[O-])COc2c(c(cc%12c2OCOc2c(cc(c(c2OCc2cc(c(C(=O)[O-])cc2C(=O)[O-])COc2c%13c(cc(c2OCO%11)C%10C)C(C)c2cc(c(c(c2OCO%13)C5)OCO7)C8C)OCO4)C3C)C%12C)C1C)OCO6)C9C.[Na+].[Na+].[Na+].[Na+].[Na+].[Na+]. The molecule has 11 aromatic carbocycles. The van der Waals surface area contributed by atoms with Crippen LogP contribution < -0.4 is 312 Å². The van der Waals surface area contributed by atoms with E-state index >= 15 is 0 Å². The maximum atomic E-state index is 14.0. The zero-order valence-electron chi connectivity index (χ0n) is 80.2. The number of carbonyl (C=O) groups excluding carboxylic acids is 6. The molecular formula is C103H76Na6O34. The number of benzene rings is 11. The van der Waals surface area contributed by atoms with Crippen molar-refractivity contribution in [1.29, 1.82) is 0 Å². The van der Waals surface area contributed by atoms with E-state index in [1.807, 2.05) is 104 Å². The van der Waals surface area contributed by atoms with Gasteiger partial charge in [-0.15, -0.1) is 0 Å². The molecule has 42 bridgehead atoms. The topological polar surface area (TPSA) is 444 Å². The van der Waals surface area contributed by atoms with Gasteiger partial charge in [-0.25, -0.2) is 0 Å². The number of carboxylic acids is 6. The number of hydrogen-bond donors (Lipinski definition) is 0. The predicted octanol–water partition coefficient (Wildman–Crippen LogP) is -8.43. The third kappa shape index (κ3) is 16.4. The van der Waals surface area contributed by atoms with E-state index in [4.69, 9.17) is 104 Å². The molecule has 698 valence electrons. The van der Waals surface area contributed by atoms with Gasteiger partial charge in [0.25, 0.3) is 0 Å². The first-order valence-corrected chi connectivity index (χ1v) is 44.4. The normalized spacial score (nSPS) is 19.4. The molecule has 8 unspecified atom stereocenters. The Morgan fingerprint density at radius 2 is 0.294 bits per heavy atom. The molecule has 0 fully saturated rings. The fourth-order valence-corrected chi connectivity index (χ4v) is 21.7. The maximum Gasteiger partial charge on any atom is 1.00 e. The summed E-state index contributed by atoms with van der Waals surface area (Å²) in [7, 11) is 0. The van der Waals surface area contributed by atoms with Crippen LogP contribution in [-0.2, 0) is 46.1 Å². The van der Waals surface area contributed by atoms with Crippen LogP contribution in [0.15, 0.2) is 84.9 Å². The summed E-state index contributed by atoms with van der Waals surface area (Å²) >= 11 is 0. The van der Waals surface area contributed by atoms with Crippen molar-refractivity contribution in [3.05, 3.63) is 252 Å². The largest absolute Gasteiger partial charge is 1.00 e. The van der Waals surface area contributed by atoms with E-state index in [2.05, 4.69) is 0 Å². The van der Waals surface area contributed by atoms with Crippen molar-refractivity contribution >= 4 is 35.8 Å². The molecule has 14 heterocycles. The van der Waals surface area contributed by atoms with Crippen molar-refractivity contribution in [2.75, 3.05) is 54.3 Å². The zero-order valence-corrected chi connectivity index (χ0v) is 92.2. The molecule has 0 spiro atoms. The molecule has 0 saturated heterocycles. The summed E-state index contributed by atoms with van der Waals surface area (Å²) in [5.41, 5.74) is 2.55. The number of carboxylic acid groups (broad SMARTS) is 6. The van der Waals surface area contributed by atoms with E-state index in [9.17, 15) is 59.4 Å². The fraction of sp³-hybridized carbons (Fsp3) is 0.301. The van der Waals surface area contributed by atoms with Gasteiger partial charge in [-0.05, 0) is 118 Å². The summed E-state index contributed by atoms with van der Waals surface area (Å²) < 4.78 is 157. The molecule has 34 nitrogen and oxygen atoms in total. The van der Waals surface area contributed by atoms with Gasteiger partial charge >= 0.3 is 177 Å². The summed E-state index contributed by atoms with van der Waals surface area (Å²) in [6.07, 6.45) is -0.212. The van der Waals surface area contributed by atoms with Crippen molar-refractivity contribution in [3.8, 4) is 126 Å². The van der Waals surface area contributed by atoms with Gasteiger partial charge in [-0.1, -0.05) is 55.4 Å². The van der Waals surface area contributed by atoms with Crippen LogP contribution in [0.5, 0.6) is 126 Å². The van der Waals surface area contributed by atoms with Gasteiger partial charge in [-0.3, -0.25) is 0 Å². The number of rotatable bonds is 6. The molecule has 0 radical (unpaired) electrons. The zero-order chi connectivity index (χ0) is 94.2. The fourth-order valence-electron chi connectivity index (χ4n) is 21.7. The molecule has 40 heteroatoms. The third-order valence-corrected chi connectivity index (χ3v) is 28.9. The quantitative estimate of drug-likeness (QED) is 0.140. The van der Waals surface area contributed by atoms with Crippen LogP contribution in [0.1, 0.15) is 298 Å². The van der Waals surface area contributed by atoms with E-state index in [1.165, 1.54) is 18.2 Å². The first-order valence-electron chi connectivity index (χ1n) is 44.4. The van der Waals surface area contributed by atoms with Gasteiger partial charge in [0, 0.05) is 187 Å². The smallest absolute Gasteiger partial charge is 0.545 e. The van der Waals surface area contributed by atoms with Crippen LogP contribution in [-0.4, -0.2) is 90.2 Å². The van der Waals surface area contributed by atoms with Crippen LogP contribution in [0.25, 0.3) is 0 Å². The Hall–Kier alpha value is -10.2. The van der Waals surface area contributed by atoms with E-state index in [0.717, 1.165) is 18.2 Å². The minimum atomic E-state index is -1.83. The Bertz CT molecular complexity index is 6560. The Balaban J connectivity index is 0.00000225. The minimum absolute atomic E-state index is 0. The van der Waals surface area contributed by atoms with Crippen LogP contribution in [0.4, 0.5) is 0 Å². The molecule has 25 rings (SSSR count). The second-order valence-corrected chi connectivity index (χ2v) is 35.8. The molecule has 143 heavy (non-hydrogen) atoms. The van der Waals surface area contributed by atoms with Gasteiger partial charge < -0.3 is 164 Å². The number of aromatic carboxylic acids is 6. The standard InChI is InChI=1S/C103H82O34.6Na/c1-38-52-12-53-39(2)57-15-61-43(6)65-18-64-42(5)60-14-56(38)80-92-84(60)130-34-134-88(64)96-89(65)135-35-131-85(61)93-81(57)127-31-123-77(53)74(76(52)122-30-126-80)23-75-78-54-13-55-41(4)59-17-63-45(8)67-19-66-44(7)62-16-58(40(54)3)82(128-32-124-78)94(118-25-47-9-46(24-116-92)68(98(104)105)20-69(47)99(106)107)86(62)132-36-136-90(66)97(121-29-51-11-50(28-120-96)72(102(112)113)22-73(51)103(114)115)91(67)137-37-133-87(63)95(83(59)129-33-125-79(55)75)119-27-49-10-48(26-117-93)70(100(108)109)21-71(49)101(110)111;;;;;;/h9-22,38-45H,23-37H2,1-8H3,(H,104,105)(H,106,107)(H,108,109)(H,110,111)(H,112,113)(H,114,115);;;;;;/q;6*+1/p-6. The van der Waals surface area contributed by atoms with E-state index in [-0.39, 0.29) is 344 Å². The average molecular weight is 2000 g/mol. The van der Waals surface area contributed by atoms with Gasteiger partial charge in [0.1, 0.15) is 62.6 Å². The van der Waals surface area contributed by atoms with E-state index in [0.29, 0.717) is 100 Å².